The number of Topliss-reactive ketones (excluding diaryl/α,β-unsaturated/α-hetero) is 1. The van der Waals surface area contributed by atoms with E-state index in [1.165, 1.54) is 0 Å². The van der Waals surface area contributed by atoms with E-state index >= 15 is 0 Å². The van der Waals surface area contributed by atoms with Crippen LogP contribution in [0.5, 0.6) is 0 Å². The number of carbonyl (C=O) groups excluding carboxylic acids is 1. The largest absolute Gasteiger partial charge is 0.481 e. The summed E-state index contributed by atoms with van der Waals surface area (Å²) >= 11 is 0. The van der Waals surface area contributed by atoms with Gasteiger partial charge in [-0.15, -0.1) is 0 Å². The second kappa shape index (κ2) is 8.24. The van der Waals surface area contributed by atoms with Crippen LogP contribution in [0.2, 0.25) is 0 Å². The number of hydrogen-bond acceptors (Lipinski definition) is 5. The number of ketones is 1. The lowest BCUT2D eigenvalue weighted by atomic mass is 9.91. The van der Waals surface area contributed by atoms with Crippen LogP contribution >= 0.6 is 0 Å². The van der Waals surface area contributed by atoms with E-state index < -0.39 is 0 Å². The van der Waals surface area contributed by atoms with Gasteiger partial charge in [-0.3, -0.25) is 10.2 Å². The van der Waals surface area contributed by atoms with Crippen LogP contribution in [0.25, 0.3) is 0 Å². The minimum absolute atomic E-state index is 0.0830. The van der Waals surface area contributed by atoms with Crippen LogP contribution in [0, 0.1) is 10.8 Å². The van der Waals surface area contributed by atoms with Gasteiger partial charge in [0.25, 0.3) is 0 Å². The number of hydrogen-bond donors (Lipinski definition) is 1. The molecule has 16 heavy (non-hydrogen) atoms. The first-order chi connectivity index (χ1) is 7.48. The second-order valence-corrected chi connectivity index (χ2v) is 4.33. The van der Waals surface area contributed by atoms with Gasteiger partial charge in [0.1, 0.15) is 13.2 Å². The van der Waals surface area contributed by atoms with Crippen LogP contribution in [0.15, 0.2) is 0 Å². The minimum Gasteiger partial charge on any atom is -0.481 e. The summed E-state index contributed by atoms with van der Waals surface area (Å²) in [6, 6.07) is 0. The Bertz CT molecular complexity index is 211. The first kappa shape index (κ1) is 15.1. The fraction of sp³-hybridized carbons (Fsp3) is 0.818. The smallest absolute Gasteiger partial charge is 0.166 e. The molecule has 0 bridgehead atoms. The number of ether oxygens (including phenoxy) is 3. The Hall–Kier alpha value is -0.940. The maximum Gasteiger partial charge on any atom is 0.166 e. The van der Waals surface area contributed by atoms with Crippen molar-refractivity contribution in [2.45, 2.75) is 20.8 Å². The molecule has 5 heteroatoms. The number of rotatable bonds is 9. The molecule has 0 amide bonds. The van der Waals surface area contributed by atoms with Crippen LogP contribution in [-0.2, 0) is 19.0 Å². The van der Waals surface area contributed by atoms with E-state index in [1.54, 1.807) is 0 Å². The molecular weight excluding hydrogens is 210 g/mol. The summed E-state index contributed by atoms with van der Waals surface area (Å²) in [6.07, 6.45) is 0.877. The van der Waals surface area contributed by atoms with E-state index in [0.29, 0.717) is 26.4 Å². The lowest BCUT2D eigenvalue weighted by Crippen LogP contribution is -2.25. The van der Waals surface area contributed by atoms with Crippen molar-refractivity contribution in [1.82, 2.24) is 0 Å². The third-order valence-corrected chi connectivity index (χ3v) is 1.87. The molecule has 0 heterocycles. The zero-order chi connectivity index (χ0) is 12.4. The van der Waals surface area contributed by atoms with Gasteiger partial charge in [-0.1, -0.05) is 20.8 Å². The van der Waals surface area contributed by atoms with Crippen molar-refractivity contribution in [3.8, 4) is 0 Å². The van der Waals surface area contributed by atoms with Gasteiger partial charge in [0.15, 0.2) is 12.2 Å². The van der Waals surface area contributed by atoms with E-state index in [1.807, 2.05) is 20.8 Å². The molecule has 0 aliphatic rings. The molecule has 0 aromatic rings. The standard InChI is InChI=1S/C11H21NO4/c1-11(2,3)10(13)8-15-6-4-14-5-7-16-9-12/h9,12H,4-8H2,1-3H3. The van der Waals surface area contributed by atoms with Gasteiger partial charge in [-0.2, -0.15) is 0 Å². The van der Waals surface area contributed by atoms with E-state index in [9.17, 15) is 4.79 Å². The quantitative estimate of drug-likeness (QED) is 0.368. The highest BCUT2D eigenvalue weighted by Crippen LogP contribution is 2.14. The summed E-state index contributed by atoms with van der Waals surface area (Å²) in [7, 11) is 0. The first-order valence-electron chi connectivity index (χ1n) is 5.28. The van der Waals surface area contributed by atoms with E-state index in [0.717, 1.165) is 6.40 Å². The number of nitrogens with one attached hydrogen (secondary N) is 1. The SMILES string of the molecule is CC(C)(C)C(=O)COCCOCCOC=N. The summed E-state index contributed by atoms with van der Waals surface area (Å²) in [4.78, 5) is 11.4. The number of carbonyl (C=O) groups is 1. The van der Waals surface area contributed by atoms with Crippen molar-refractivity contribution in [2.75, 3.05) is 33.0 Å². The molecule has 0 aromatic heterocycles. The molecule has 0 saturated heterocycles. The van der Waals surface area contributed by atoms with Crippen LogP contribution in [-0.4, -0.2) is 45.2 Å². The molecule has 0 aromatic carbocycles. The molecule has 0 rings (SSSR count). The van der Waals surface area contributed by atoms with Crippen molar-refractivity contribution in [3.63, 3.8) is 0 Å². The molecule has 94 valence electrons. The molecule has 0 saturated carbocycles. The zero-order valence-corrected chi connectivity index (χ0v) is 10.2. The van der Waals surface area contributed by atoms with Crippen molar-refractivity contribution in [2.24, 2.45) is 5.41 Å². The molecule has 1 N–H and O–H groups in total. The highest BCUT2D eigenvalue weighted by atomic mass is 16.5. The Kier molecular flexibility index (Phi) is 7.76. The average molecular weight is 231 g/mol. The van der Waals surface area contributed by atoms with Crippen molar-refractivity contribution in [3.05, 3.63) is 0 Å². The first-order valence-corrected chi connectivity index (χ1v) is 5.28. The lowest BCUT2D eigenvalue weighted by molar-refractivity contribution is -0.131. The summed E-state index contributed by atoms with van der Waals surface area (Å²) < 4.78 is 15.0. The van der Waals surface area contributed by atoms with E-state index in [2.05, 4.69) is 4.74 Å². The van der Waals surface area contributed by atoms with Gasteiger partial charge < -0.3 is 14.2 Å². The van der Waals surface area contributed by atoms with Crippen LogP contribution in [0.1, 0.15) is 20.8 Å². The summed E-state index contributed by atoms with van der Waals surface area (Å²) in [5, 5.41) is 6.59. The third kappa shape index (κ3) is 8.38. The van der Waals surface area contributed by atoms with Gasteiger partial charge in [0, 0.05) is 5.41 Å². The second-order valence-electron chi connectivity index (χ2n) is 4.33. The van der Waals surface area contributed by atoms with Crippen molar-refractivity contribution >= 4 is 12.2 Å². The predicted octanol–water partition coefficient (Wildman–Crippen LogP) is 1.26. The van der Waals surface area contributed by atoms with Crippen LogP contribution in [0.3, 0.4) is 0 Å². The maximum absolute atomic E-state index is 11.4. The zero-order valence-electron chi connectivity index (χ0n) is 10.2. The Morgan fingerprint density at radius 2 is 1.69 bits per heavy atom. The Labute approximate surface area is 96.6 Å². The van der Waals surface area contributed by atoms with E-state index in [-0.39, 0.29) is 17.8 Å². The predicted molar refractivity (Wildman–Crippen MR) is 60.8 cm³/mol. The molecule has 0 unspecified atom stereocenters. The normalized spacial score (nSPS) is 11.2. The monoisotopic (exact) mass is 231 g/mol. The summed E-state index contributed by atoms with van der Waals surface area (Å²) in [5.41, 5.74) is -0.349. The Morgan fingerprint density at radius 3 is 2.25 bits per heavy atom. The highest BCUT2D eigenvalue weighted by molar-refractivity contribution is 5.84. The summed E-state index contributed by atoms with van der Waals surface area (Å²) in [5.74, 6) is 0.0830. The highest BCUT2D eigenvalue weighted by Gasteiger charge is 2.20. The average Bonchev–Trinajstić information content (AvgIpc) is 2.20. The molecule has 0 aliphatic carbocycles. The topological polar surface area (TPSA) is 68.6 Å². The maximum atomic E-state index is 11.4. The van der Waals surface area contributed by atoms with Crippen molar-refractivity contribution < 1.29 is 19.0 Å². The lowest BCUT2D eigenvalue weighted by Gasteiger charge is -2.16. The van der Waals surface area contributed by atoms with Gasteiger partial charge >= 0.3 is 0 Å². The fourth-order valence-corrected chi connectivity index (χ4v) is 0.767. The van der Waals surface area contributed by atoms with Gasteiger partial charge in [-0.05, 0) is 0 Å². The molecule has 5 nitrogen and oxygen atoms in total. The molecule has 0 fully saturated rings. The Morgan fingerprint density at radius 1 is 1.12 bits per heavy atom. The van der Waals surface area contributed by atoms with Crippen LogP contribution in [0.4, 0.5) is 0 Å². The molecule has 0 radical (unpaired) electrons. The van der Waals surface area contributed by atoms with Crippen molar-refractivity contribution in [1.29, 1.82) is 5.41 Å². The summed E-state index contributed by atoms with van der Waals surface area (Å²) in [6.45, 7) is 7.34. The van der Waals surface area contributed by atoms with Gasteiger partial charge in [0.05, 0.1) is 19.8 Å². The van der Waals surface area contributed by atoms with E-state index in [4.69, 9.17) is 14.9 Å². The van der Waals surface area contributed by atoms with Gasteiger partial charge in [0.2, 0.25) is 0 Å². The molecule has 0 spiro atoms. The molecule has 0 aliphatic heterocycles. The minimum atomic E-state index is -0.349. The van der Waals surface area contributed by atoms with Crippen LogP contribution < -0.4 is 0 Å². The molecular formula is C11H21NO4. The fourth-order valence-electron chi connectivity index (χ4n) is 0.767. The van der Waals surface area contributed by atoms with Gasteiger partial charge in [-0.25, -0.2) is 0 Å². The Balaban J connectivity index is 3.27. The third-order valence-electron chi connectivity index (χ3n) is 1.87. The molecule has 0 atom stereocenters.